The molecule has 0 radical (unpaired) electrons. The number of aromatic nitrogens is 2. The number of piperazine rings is 1. The summed E-state index contributed by atoms with van der Waals surface area (Å²) in [6.07, 6.45) is 2.36. The zero-order chi connectivity index (χ0) is 19.2. The summed E-state index contributed by atoms with van der Waals surface area (Å²) in [5.41, 5.74) is 1.04. The van der Waals surface area contributed by atoms with Crippen molar-refractivity contribution < 1.29 is 8.42 Å². The van der Waals surface area contributed by atoms with Gasteiger partial charge < -0.3 is 4.90 Å². The number of benzene rings is 1. The molecule has 0 N–H and O–H groups in total. The molecule has 4 rings (SSSR count). The number of hydrogen-bond donors (Lipinski definition) is 0. The maximum Gasteiger partial charge on any atom is 0.244 e. The molecule has 2 fully saturated rings. The van der Waals surface area contributed by atoms with Crippen molar-refractivity contribution in [2.75, 3.05) is 31.1 Å². The smallest absolute Gasteiger partial charge is 0.244 e. The number of anilines is 1. The molecular weight excluding hydrogens is 431 g/mol. The van der Waals surface area contributed by atoms with Crippen molar-refractivity contribution in [3.8, 4) is 0 Å². The fourth-order valence-corrected chi connectivity index (χ4v) is 5.50. The normalized spacial score (nSPS) is 18.7. The molecule has 0 bridgehead atoms. The molecule has 1 aromatic carbocycles. The Kier molecular flexibility index (Phi) is 5.24. The van der Waals surface area contributed by atoms with Crippen molar-refractivity contribution in [2.24, 2.45) is 0 Å². The number of nitrogens with zero attached hydrogens (tertiary/aromatic N) is 4. The second-order valence-corrected chi connectivity index (χ2v) is 9.81. The van der Waals surface area contributed by atoms with E-state index in [1.807, 2.05) is 17.0 Å². The van der Waals surface area contributed by atoms with E-state index in [1.165, 1.54) is 29.3 Å². The first-order chi connectivity index (χ1) is 12.9. The van der Waals surface area contributed by atoms with Gasteiger partial charge >= 0.3 is 0 Å². The lowest BCUT2D eigenvalue weighted by Crippen LogP contribution is -2.49. The van der Waals surface area contributed by atoms with E-state index in [4.69, 9.17) is 34.8 Å². The summed E-state index contributed by atoms with van der Waals surface area (Å²) in [4.78, 5) is 2.01. The largest absolute Gasteiger partial charge is 0.352 e. The van der Waals surface area contributed by atoms with Crippen LogP contribution in [-0.4, -0.2) is 49.1 Å². The first-order valence-electron chi connectivity index (χ1n) is 8.59. The van der Waals surface area contributed by atoms with Gasteiger partial charge in [0.15, 0.2) is 5.82 Å². The molecule has 6 nitrogen and oxygen atoms in total. The number of halogens is 3. The minimum atomic E-state index is -3.75. The molecule has 1 aliphatic heterocycles. The van der Waals surface area contributed by atoms with E-state index in [9.17, 15) is 8.42 Å². The van der Waals surface area contributed by atoms with Crippen molar-refractivity contribution in [1.29, 1.82) is 0 Å². The number of hydrogen-bond acceptors (Lipinski definition) is 5. The average molecular weight is 448 g/mol. The van der Waals surface area contributed by atoms with Gasteiger partial charge in [-0.05, 0) is 37.1 Å². The third-order valence-electron chi connectivity index (χ3n) is 4.82. The number of rotatable bonds is 4. The molecular formula is C17H17Cl3N4O2S. The van der Waals surface area contributed by atoms with Crippen LogP contribution < -0.4 is 4.90 Å². The van der Waals surface area contributed by atoms with E-state index in [0.29, 0.717) is 32.1 Å². The number of sulfonamides is 1. The van der Waals surface area contributed by atoms with Crippen LogP contribution in [0.15, 0.2) is 29.2 Å². The topological polar surface area (TPSA) is 66.4 Å². The fourth-order valence-electron chi connectivity index (χ4n) is 3.10. The van der Waals surface area contributed by atoms with E-state index in [0.717, 1.165) is 11.5 Å². The second kappa shape index (κ2) is 7.37. The Hall–Kier alpha value is -1.12. The predicted molar refractivity (Wildman–Crippen MR) is 106 cm³/mol. The van der Waals surface area contributed by atoms with Gasteiger partial charge in [0.1, 0.15) is 4.90 Å². The average Bonchev–Trinajstić information content (AvgIpc) is 3.50. The van der Waals surface area contributed by atoms with Crippen LogP contribution in [0.4, 0.5) is 5.82 Å². The summed E-state index contributed by atoms with van der Waals surface area (Å²) in [5, 5.41) is 9.03. The molecule has 144 valence electrons. The highest BCUT2D eigenvalue weighted by Crippen LogP contribution is 2.39. The van der Waals surface area contributed by atoms with Crippen LogP contribution >= 0.6 is 34.8 Å². The summed E-state index contributed by atoms with van der Waals surface area (Å²) in [7, 11) is -3.75. The van der Waals surface area contributed by atoms with E-state index >= 15 is 0 Å². The molecule has 0 spiro atoms. The van der Waals surface area contributed by atoms with E-state index in [2.05, 4.69) is 10.2 Å². The van der Waals surface area contributed by atoms with Crippen LogP contribution in [0.1, 0.15) is 24.5 Å². The third-order valence-corrected chi connectivity index (χ3v) is 7.91. The Morgan fingerprint density at radius 2 is 1.56 bits per heavy atom. The first-order valence-corrected chi connectivity index (χ1v) is 11.2. The Labute approximate surface area is 173 Å². The van der Waals surface area contributed by atoms with E-state index in [-0.39, 0.29) is 20.0 Å². The first kappa shape index (κ1) is 19.2. The Morgan fingerprint density at radius 3 is 2.15 bits per heavy atom. The molecule has 1 saturated heterocycles. The molecule has 1 aliphatic carbocycles. The quantitative estimate of drug-likeness (QED) is 0.667. The van der Waals surface area contributed by atoms with Gasteiger partial charge in [0.05, 0.1) is 20.8 Å². The maximum absolute atomic E-state index is 12.9. The van der Waals surface area contributed by atoms with Crippen LogP contribution in [0.2, 0.25) is 15.1 Å². The van der Waals surface area contributed by atoms with Crippen molar-refractivity contribution in [3.63, 3.8) is 0 Å². The van der Waals surface area contributed by atoms with Crippen LogP contribution in [0, 0.1) is 0 Å². The standard InChI is InChI=1S/C17H17Cl3N4O2S/c18-12-9-14(20)16(10-13(12)19)27(25,26)24-7-5-23(6-8-24)17-4-3-15(21-22-17)11-1-2-11/h3-4,9-11H,1-2,5-8H2. The molecule has 2 heterocycles. The zero-order valence-electron chi connectivity index (χ0n) is 14.3. The summed E-state index contributed by atoms with van der Waals surface area (Å²) < 4.78 is 27.3. The van der Waals surface area contributed by atoms with Crippen molar-refractivity contribution in [2.45, 2.75) is 23.7 Å². The van der Waals surface area contributed by atoms with Gasteiger partial charge in [-0.2, -0.15) is 9.40 Å². The van der Waals surface area contributed by atoms with Crippen molar-refractivity contribution in [3.05, 3.63) is 45.0 Å². The lowest BCUT2D eigenvalue weighted by molar-refractivity contribution is 0.383. The zero-order valence-corrected chi connectivity index (χ0v) is 17.4. The lowest BCUT2D eigenvalue weighted by atomic mass is 10.2. The molecule has 1 aromatic heterocycles. The van der Waals surface area contributed by atoms with Gasteiger partial charge in [0, 0.05) is 32.1 Å². The minimum absolute atomic E-state index is 0.0272. The Morgan fingerprint density at radius 1 is 0.889 bits per heavy atom. The summed E-state index contributed by atoms with van der Waals surface area (Å²) >= 11 is 18.0. The Bertz CT molecular complexity index is 957. The minimum Gasteiger partial charge on any atom is -0.352 e. The fraction of sp³-hybridized carbons (Fsp3) is 0.412. The molecule has 0 amide bonds. The van der Waals surface area contributed by atoms with Crippen LogP contribution in [0.25, 0.3) is 0 Å². The van der Waals surface area contributed by atoms with Gasteiger partial charge in [-0.3, -0.25) is 0 Å². The van der Waals surface area contributed by atoms with E-state index < -0.39 is 10.0 Å². The SMILES string of the molecule is O=S(=O)(c1cc(Cl)c(Cl)cc1Cl)N1CCN(c2ccc(C3CC3)nn2)CC1. The molecule has 2 aliphatic rings. The highest BCUT2D eigenvalue weighted by molar-refractivity contribution is 7.89. The summed E-state index contributed by atoms with van der Waals surface area (Å²) in [6.45, 7) is 1.70. The maximum atomic E-state index is 12.9. The lowest BCUT2D eigenvalue weighted by Gasteiger charge is -2.34. The second-order valence-electron chi connectivity index (χ2n) is 6.68. The van der Waals surface area contributed by atoms with Gasteiger partial charge in [0.25, 0.3) is 0 Å². The molecule has 0 atom stereocenters. The third kappa shape index (κ3) is 3.89. The summed E-state index contributed by atoms with van der Waals surface area (Å²) in [6, 6.07) is 6.63. The highest BCUT2D eigenvalue weighted by atomic mass is 35.5. The van der Waals surface area contributed by atoms with Gasteiger partial charge in [0.2, 0.25) is 10.0 Å². The van der Waals surface area contributed by atoms with Gasteiger partial charge in [-0.25, -0.2) is 8.42 Å². The van der Waals surface area contributed by atoms with Crippen LogP contribution in [-0.2, 0) is 10.0 Å². The molecule has 1 saturated carbocycles. The van der Waals surface area contributed by atoms with Gasteiger partial charge in [-0.15, -0.1) is 5.10 Å². The van der Waals surface area contributed by atoms with Crippen LogP contribution in [0.3, 0.4) is 0 Å². The van der Waals surface area contributed by atoms with Crippen molar-refractivity contribution in [1.82, 2.24) is 14.5 Å². The molecule has 2 aromatic rings. The van der Waals surface area contributed by atoms with Crippen LogP contribution in [0.5, 0.6) is 0 Å². The van der Waals surface area contributed by atoms with Crippen molar-refractivity contribution >= 4 is 50.6 Å². The molecule has 0 unspecified atom stereocenters. The molecule has 27 heavy (non-hydrogen) atoms. The Balaban J connectivity index is 1.47. The highest BCUT2D eigenvalue weighted by Gasteiger charge is 2.31. The summed E-state index contributed by atoms with van der Waals surface area (Å²) in [5.74, 6) is 1.33. The van der Waals surface area contributed by atoms with Gasteiger partial charge in [-0.1, -0.05) is 34.8 Å². The molecule has 10 heteroatoms. The monoisotopic (exact) mass is 446 g/mol. The van der Waals surface area contributed by atoms with E-state index in [1.54, 1.807) is 0 Å². The predicted octanol–water partition coefficient (Wildman–Crippen LogP) is 3.83.